The molecule has 0 aliphatic heterocycles. The van der Waals surface area contributed by atoms with E-state index < -0.39 is 0 Å². The molecule has 0 aliphatic carbocycles. The lowest BCUT2D eigenvalue weighted by Crippen LogP contribution is -2.42. The van der Waals surface area contributed by atoms with E-state index in [1.165, 1.54) is 0 Å². The largest absolute Gasteiger partial charge is 0.355 e. The van der Waals surface area contributed by atoms with Crippen LogP contribution < -0.4 is 10.6 Å². The topological polar surface area (TPSA) is 61.4 Å². The summed E-state index contributed by atoms with van der Waals surface area (Å²) in [6.07, 6.45) is 0.603. The Kier molecular flexibility index (Phi) is 8.86. The number of nitrogens with one attached hydrogen (secondary N) is 2. The highest BCUT2D eigenvalue weighted by molar-refractivity contribution is 5.88. The zero-order chi connectivity index (χ0) is 17.4. The van der Waals surface area contributed by atoms with E-state index in [0.717, 1.165) is 19.6 Å². The third kappa shape index (κ3) is 11.7. The Morgan fingerprint density at radius 2 is 1.45 bits per heavy atom. The van der Waals surface area contributed by atoms with E-state index in [9.17, 15) is 9.59 Å². The first kappa shape index (κ1) is 21.1. The van der Waals surface area contributed by atoms with Crippen molar-refractivity contribution in [1.82, 2.24) is 15.5 Å². The van der Waals surface area contributed by atoms with Crippen molar-refractivity contribution in [2.75, 3.05) is 33.2 Å². The average molecular weight is 313 g/mol. The summed E-state index contributed by atoms with van der Waals surface area (Å²) < 4.78 is 0. The average Bonchev–Trinajstić information content (AvgIpc) is 2.33. The first-order valence-electron chi connectivity index (χ1n) is 8.15. The first-order valence-corrected chi connectivity index (χ1v) is 8.15. The highest BCUT2D eigenvalue weighted by Crippen LogP contribution is 2.17. The molecule has 0 radical (unpaired) electrons. The van der Waals surface area contributed by atoms with Crippen LogP contribution in [0.25, 0.3) is 0 Å². The van der Waals surface area contributed by atoms with Crippen molar-refractivity contribution in [3.05, 3.63) is 0 Å². The number of ketones is 1. The molecule has 0 aromatic carbocycles. The molecule has 5 heteroatoms. The highest BCUT2D eigenvalue weighted by atomic mass is 16.2. The van der Waals surface area contributed by atoms with Gasteiger partial charge in [-0.3, -0.25) is 9.59 Å². The highest BCUT2D eigenvalue weighted by Gasteiger charge is 2.21. The second kappa shape index (κ2) is 9.26. The summed E-state index contributed by atoms with van der Waals surface area (Å²) in [5, 5.41) is 6.31. The number of hydrogen-bond acceptors (Lipinski definition) is 4. The van der Waals surface area contributed by atoms with Gasteiger partial charge in [0.1, 0.15) is 5.78 Å². The van der Waals surface area contributed by atoms with Gasteiger partial charge in [-0.25, -0.2) is 0 Å². The zero-order valence-corrected chi connectivity index (χ0v) is 15.5. The Morgan fingerprint density at radius 1 is 0.909 bits per heavy atom. The number of hydrogen-bond donors (Lipinski definition) is 2. The first-order chi connectivity index (χ1) is 9.92. The molecule has 0 saturated heterocycles. The van der Waals surface area contributed by atoms with Crippen molar-refractivity contribution in [1.29, 1.82) is 0 Å². The van der Waals surface area contributed by atoms with Crippen LogP contribution in [0.15, 0.2) is 0 Å². The van der Waals surface area contributed by atoms with Gasteiger partial charge in [-0.15, -0.1) is 0 Å². The predicted molar refractivity (Wildman–Crippen MR) is 92.0 cm³/mol. The van der Waals surface area contributed by atoms with E-state index in [-0.39, 0.29) is 29.1 Å². The van der Waals surface area contributed by atoms with Crippen LogP contribution in [0, 0.1) is 5.41 Å². The molecule has 0 rings (SSSR count). The van der Waals surface area contributed by atoms with Gasteiger partial charge in [0.15, 0.2) is 0 Å². The molecule has 130 valence electrons. The van der Waals surface area contributed by atoms with Crippen molar-refractivity contribution in [2.45, 2.75) is 59.9 Å². The second-order valence-corrected chi connectivity index (χ2v) is 8.00. The minimum Gasteiger partial charge on any atom is -0.355 e. The van der Waals surface area contributed by atoms with Crippen molar-refractivity contribution >= 4 is 11.7 Å². The molecule has 0 bridgehead atoms. The minimum absolute atomic E-state index is 0.0428. The molecule has 0 atom stereocenters. The molecular weight excluding hydrogens is 278 g/mol. The van der Waals surface area contributed by atoms with Crippen LogP contribution in [0.1, 0.15) is 54.4 Å². The van der Waals surface area contributed by atoms with Crippen molar-refractivity contribution in [2.24, 2.45) is 5.41 Å². The molecule has 2 N–H and O–H groups in total. The summed E-state index contributed by atoms with van der Waals surface area (Å²) in [7, 11) is 2.04. The molecule has 0 aliphatic rings. The summed E-state index contributed by atoms with van der Waals surface area (Å²) in [6.45, 7) is 15.4. The lowest BCUT2D eigenvalue weighted by atomic mass is 9.88. The van der Waals surface area contributed by atoms with Gasteiger partial charge in [0.25, 0.3) is 0 Å². The number of amides is 1. The number of nitrogens with zero attached hydrogens (tertiary/aromatic N) is 1. The molecule has 0 saturated carbocycles. The summed E-state index contributed by atoms with van der Waals surface area (Å²) in [6, 6.07) is 0. The van der Waals surface area contributed by atoms with E-state index in [1.807, 2.05) is 27.8 Å². The van der Waals surface area contributed by atoms with Crippen LogP contribution >= 0.6 is 0 Å². The summed E-state index contributed by atoms with van der Waals surface area (Å²) in [5.41, 5.74) is -0.227. The molecule has 22 heavy (non-hydrogen) atoms. The molecule has 5 nitrogen and oxygen atoms in total. The van der Waals surface area contributed by atoms with Gasteiger partial charge in [0.05, 0.1) is 0 Å². The normalized spacial score (nSPS) is 12.5. The smallest absolute Gasteiger partial charge is 0.220 e. The van der Waals surface area contributed by atoms with Crippen LogP contribution in [-0.4, -0.2) is 55.4 Å². The number of rotatable bonds is 9. The SMILES string of the molecule is CN(CCNC(=O)CCC(=O)C(C)(C)C)CCNC(C)(C)C. The fourth-order valence-electron chi connectivity index (χ4n) is 1.81. The summed E-state index contributed by atoms with van der Waals surface area (Å²) in [4.78, 5) is 25.6. The predicted octanol–water partition coefficient (Wildman–Crippen LogP) is 1.82. The van der Waals surface area contributed by atoms with E-state index in [1.54, 1.807) is 0 Å². The fraction of sp³-hybridized carbons (Fsp3) is 0.882. The Bertz CT molecular complexity index is 354. The van der Waals surface area contributed by atoms with Crippen molar-refractivity contribution in [3.63, 3.8) is 0 Å². The third-order valence-corrected chi connectivity index (χ3v) is 3.38. The van der Waals surface area contributed by atoms with Gasteiger partial charge < -0.3 is 15.5 Å². The van der Waals surface area contributed by atoms with Gasteiger partial charge in [0.2, 0.25) is 5.91 Å². The Balaban J connectivity index is 3.73. The maximum Gasteiger partial charge on any atom is 0.220 e. The molecular formula is C17H35N3O2. The maximum atomic E-state index is 11.8. The monoisotopic (exact) mass is 313 g/mol. The third-order valence-electron chi connectivity index (χ3n) is 3.38. The van der Waals surface area contributed by atoms with Gasteiger partial charge in [-0.1, -0.05) is 20.8 Å². The number of carbonyl (C=O) groups is 2. The van der Waals surface area contributed by atoms with Crippen LogP contribution in [0.4, 0.5) is 0 Å². The molecule has 0 heterocycles. The van der Waals surface area contributed by atoms with E-state index in [4.69, 9.17) is 0 Å². The maximum absolute atomic E-state index is 11.8. The van der Waals surface area contributed by atoms with E-state index in [2.05, 4.69) is 36.3 Å². The van der Waals surface area contributed by atoms with Gasteiger partial charge >= 0.3 is 0 Å². The molecule has 0 unspecified atom stereocenters. The van der Waals surface area contributed by atoms with Crippen molar-refractivity contribution in [3.8, 4) is 0 Å². The fourth-order valence-corrected chi connectivity index (χ4v) is 1.81. The Morgan fingerprint density at radius 3 is 1.95 bits per heavy atom. The quantitative estimate of drug-likeness (QED) is 0.681. The van der Waals surface area contributed by atoms with Gasteiger partial charge in [-0.05, 0) is 27.8 Å². The Hall–Kier alpha value is -0.940. The van der Waals surface area contributed by atoms with Crippen LogP contribution in [0.5, 0.6) is 0 Å². The van der Waals surface area contributed by atoms with E-state index in [0.29, 0.717) is 13.0 Å². The standard InChI is InChI=1S/C17H35N3O2/c1-16(2,3)14(21)8-9-15(22)18-10-12-20(7)13-11-19-17(4,5)6/h19H,8-13H2,1-7H3,(H,18,22). The van der Waals surface area contributed by atoms with Crippen molar-refractivity contribution < 1.29 is 9.59 Å². The van der Waals surface area contributed by atoms with E-state index >= 15 is 0 Å². The van der Waals surface area contributed by atoms with Gasteiger partial charge in [-0.2, -0.15) is 0 Å². The van der Waals surface area contributed by atoms with Gasteiger partial charge in [0, 0.05) is 50.0 Å². The molecule has 1 amide bonds. The Labute approximate surface area is 136 Å². The zero-order valence-electron chi connectivity index (χ0n) is 15.5. The van der Waals surface area contributed by atoms with Crippen LogP contribution in [0.2, 0.25) is 0 Å². The number of Topliss-reactive ketones (excluding diaryl/α,β-unsaturated/α-hetero) is 1. The minimum atomic E-state index is -0.361. The van der Waals surface area contributed by atoms with Crippen LogP contribution in [-0.2, 0) is 9.59 Å². The second-order valence-electron chi connectivity index (χ2n) is 8.00. The molecule has 0 aromatic rings. The molecule has 0 aromatic heterocycles. The molecule has 0 spiro atoms. The number of carbonyl (C=O) groups excluding carboxylic acids is 2. The molecule has 0 fully saturated rings. The lowest BCUT2D eigenvalue weighted by molar-refractivity contribution is -0.129. The number of likely N-dealkylation sites (N-methyl/N-ethyl adjacent to an activating group) is 1. The lowest BCUT2D eigenvalue weighted by Gasteiger charge is -2.23. The van der Waals surface area contributed by atoms with Crippen LogP contribution in [0.3, 0.4) is 0 Å². The summed E-state index contributed by atoms with van der Waals surface area (Å²) >= 11 is 0. The summed E-state index contributed by atoms with van der Waals surface area (Å²) in [5.74, 6) is 0.0897.